The highest BCUT2D eigenvalue weighted by Crippen LogP contribution is 2.18. The number of esters is 1. The molecule has 1 aromatic heterocycles. The van der Waals surface area contributed by atoms with E-state index in [0.29, 0.717) is 11.7 Å². The van der Waals surface area contributed by atoms with Crippen molar-refractivity contribution in [2.24, 2.45) is 0 Å². The fraction of sp³-hybridized carbons (Fsp3) is 0.381. The summed E-state index contributed by atoms with van der Waals surface area (Å²) >= 11 is 6.26. The highest BCUT2D eigenvalue weighted by atomic mass is 35.5. The summed E-state index contributed by atoms with van der Waals surface area (Å²) in [7, 11) is 1.34. The van der Waals surface area contributed by atoms with Crippen molar-refractivity contribution in [3.05, 3.63) is 59.0 Å². The molecule has 0 unspecified atom stereocenters. The number of ether oxygens (including phenoxy) is 1. The Kier molecular flexibility index (Phi) is 7.39. The molecule has 1 aliphatic heterocycles. The van der Waals surface area contributed by atoms with Gasteiger partial charge in [0.05, 0.1) is 25.2 Å². The number of benzene rings is 1. The number of nitrogens with one attached hydrogen (secondary N) is 1. The van der Waals surface area contributed by atoms with Crippen LogP contribution in [0.1, 0.15) is 24.1 Å². The van der Waals surface area contributed by atoms with Gasteiger partial charge < -0.3 is 15.0 Å². The lowest BCUT2D eigenvalue weighted by Crippen LogP contribution is -2.43. The maximum atomic E-state index is 11.1. The molecule has 2 heterocycles. The van der Waals surface area contributed by atoms with Crippen molar-refractivity contribution in [3.8, 4) is 0 Å². The SMILES string of the molecule is COC(=O)C=Cc1cnc(N[C@@H]2CCCN(CCc3ccccc3Cl)C2)cn1. The van der Waals surface area contributed by atoms with Gasteiger partial charge in [-0.25, -0.2) is 9.78 Å². The average molecular weight is 401 g/mol. The van der Waals surface area contributed by atoms with Crippen LogP contribution in [0, 0.1) is 0 Å². The predicted molar refractivity (Wildman–Crippen MR) is 111 cm³/mol. The molecule has 0 radical (unpaired) electrons. The Labute approximate surface area is 170 Å². The smallest absolute Gasteiger partial charge is 0.330 e. The van der Waals surface area contributed by atoms with Crippen LogP contribution in [0.4, 0.5) is 5.82 Å². The van der Waals surface area contributed by atoms with Crippen LogP contribution in [-0.4, -0.2) is 53.6 Å². The Bertz CT molecular complexity index is 810. The maximum Gasteiger partial charge on any atom is 0.330 e. The number of hydrogen-bond donors (Lipinski definition) is 1. The summed E-state index contributed by atoms with van der Waals surface area (Å²) in [5.41, 5.74) is 1.81. The molecule has 148 valence electrons. The normalized spacial score (nSPS) is 17.6. The van der Waals surface area contributed by atoms with Gasteiger partial charge in [0.1, 0.15) is 5.82 Å². The van der Waals surface area contributed by atoms with Gasteiger partial charge in [0.2, 0.25) is 0 Å². The second-order valence-corrected chi connectivity index (χ2v) is 7.22. The molecule has 0 aliphatic carbocycles. The zero-order valence-corrected chi connectivity index (χ0v) is 16.7. The lowest BCUT2D eigenvalue weighted by atomic mass is 10.0. The third-order valence-corrected chi connectivity index (χ3v) is 5.14. The number of carbonyl (C=O) groups is 1. The molecule has 1 aliphatic rings. The summed E-state index contributed by atoms with van der Waals surface area (Å²) < 4.78 is 4.56. The van der Waals surface area contributed by atoms with Gasteiger partial charge in [0, 0.05) is 30.2 Å². The van der Waals surface area contributed by atoms with Crippen LogP contribution < -0.4 is 5.32 Å². The Morgan fingerprint density at radius 1 is 1.36 bits per heavy atom. The van der Waals surface area contributed by atoms with E-state index in [2.05, 4.69) is 31.0 Å². The van der Waals surface area contributed by atoms with Crippen LogP contribution in [0.25, 0.3) is 6.08 Å². The van der Waals surface area contributed by atoms with Crippen LogP contribution in [0.5, 0.6) is 0 Å². The Morgan fingerprint density at radius 2 is 2.21 bits per heavy atom. The number of rotatable bonds is 7. The van der Waals surface area contributed by atoms with E-state index in [4.69, 9.17) is 11.6 Å². The number of methoxy groups -OCH3 is 1. The second-order valence-electron chi connectivity index (χ2n) is 6.81. The van der Waals surface area contributed by atoms with Crippen molar-refractivity contribution in [3.63, 3.8) is 0 Å². The van der Waals surface area contributed by atoms with Gasteiger partial charge in [-0.05, 0) is 43.5 Å². The summed E-state index contributed by atoms with van der Waals surface area (Å²) in [5, 5.41) is 4.31. The molecule has 1 saturated heterocycles. The predicted octanol–water partition coefficient (Wildman–Crippen LogP) is 3.44. The van der Waals surface area contributed by atoms with Crippen molar-refractivity contribution >= 4 is 29.5 Å². The number of carbonyl (C=O) groups excluding carboxylic acids is 1. The number of anilines is 1. The fourth-order valence-electron chi connectivity index (χ4n) is 3.29. The summed E-state index contributed by atoms with van der Waals surface area (Å²) in [6.45, 7) is 3.06. The summed E-state index contributed by atoms with van der Waals surface area (Å²) in [5.74, 6) is 0.330. The third kappa shape index (κ3) is 6.04. The minimum absolute atomic E-state index is 0.339. The molecule has 6 nitrogen and oxygen atoms in total. The quantitative estimate of drug-likeness (QED) is 0.567. The minimum atomic E-state index is -0.414. The molecule has 28 heavy (non-hydrogen) atoms. The molecule has 3 rings (SSSR count). The van der Waals surface area contributed by atoms with Gasteiger partial charge in [-0.3, -0.25) is 4.98 Å². The molecule has 1 aromatic carbocycles. The number of halogens is 1. The van der Waals surface area contributed by atoms with Gasteiger partial charge in [-0.2, -0.15) is 0 Å². The molecule has 0 bridgehead atoms. The van der Waals surface area contributed by atoms with Crippen molar-refractivity contribution in [2.75, 3.05) is 32.1 Å². The molecule has 1 N–H and O–H groups in total. The standard InChI is InChI=1S/C21H25ClN4O2/c1-28-21(27)9-8-17-13-24-20(14-23-17)25-18-6-4-11-26(15-18)12-10-16-5-2-3-7-19(16)22/h2-3,5,7-9,13-14,18H,4,6,10-12,15H2,1H3,(H,24,25)/t18-/m1/s1. The van der Waals surface area contributed by atoms with E-state index in [1.54, 1.807) is 18.5 Å². The van der Waals surface area contributed by atoms with Gasteiger partial charge in [-0.1, -0.05) is 29.8 Å². The minimum Gasteiger partial charge on any atom is -0.466 e. The van der Waals surface area contributed by atoms with E-state index in [-0.39, 0.29) is 0 Å². The number of piperidine rings is 1. The molecule has 0 amide bonds. The zero-order chi connectivity index (χ0) is 19.8. The third-order valence-electron chi connectivity index (χ3n) is 4.78. The Hall–Kier alpha value is -2.44. The van der Waals surface area contributed by atoms with Crippen molar-refractivity contribution < 1.29 is 9.53 Å². The maximum absolute atomic E-state index is 11.1. The Morgan fingerprint density at radius 3 is 2.96 bits per heavy atom. The van der Waals surface area contributed by atoms with Crippen molar-refractivity contribution in [1.29, 1.82) is 0 Å². The largest absolute Gasteiger partial charge is 0.466 e. The first kappa shape index (κ1) is 20.3. The topological polar surface area (TPSA) is 67.3 Å². The number of hydrogen-bond acceptors (Lipinski definition) is 6. The van der Waals surface area contributed by atoms with Crippen LogP contribution in [0.15, 0.2) is 42.7 Å². The molecule has 0 saturated carbocycles. The van der Waals surface area contributed by atoms with Gasteiger partial charge in [0.25, 0.3) is 0 Å². The summed E-state index contributed by atoms with van der Waals surface area (Å²) in [6.07, 6.45) is 9.45. The van der Waals surface area contributed by atoms with E-state index in [1.165, 1.54) is 18.7 Å². The number of aromatic nitrogens is 2. The van der Waals surface area contributed by atoms with Gasteiger partial charge >= 0.3 is 5.97 Å². The van der Waals surface area contributed by atoms with E-state index in [1.807, 2.05) is 18.2 Å². The van der Waals surface area contributed by atoms with Crippen LogP contribution in [-0.2, 0) is 16.0 Å². The first-order chi connectivity index (χ1) is 13.6. The fourth-order valence-corrected chi connectivity index (χ4v) is 3.52. The van der Waals surface area contributed by atoms with Gasteiger partial charge in [0.15, 0.2) is 0 Å². The lowest BCUT2D eigenvalue weighted by Gasteiger charge is -2.33. The summed E-state index contributed by atoms with van der Waals surface area (Å²) in [6, 6.07) is 8.37. The zero-order valence-electron chi connectivity index (χ0n) is 16.0. The molecule has 1 atom stereocenters. The first-order valence-corrected chi connectivity index (χ1v) is 9.82. The molecule has 0 spiro atoms. The number of likely N-dealkylation sites (tertiary alicyclic amines) is 1. The van der Waals surface area contributed by atoms with E-state index < -0.39 is 5.97 Å². The number of nitrogens with zero attached hydrogens (tertiary/aromatic N) is 3. The van der Waals surface area contributed by atoms with Gasteiger partial charge in [-0.15, -0.1) is 0 Å². The molecular formula is C21H25ClN4O2. The first-order valence-electron chi connectivity index (χ1n) is 9.44. The van der Waals surface area contributed by atoms with E-state index in [9.17, 15) is 4.79 Å². The van der Waals surface area contributed by atoms with Crippen LogP contribution in [0.3, 0.4) is 0 Å². The van der Waals surface area contributed by atoms with Crippen molar-refractivity contribution in [1.82, 2.24) is 14.9 Å². The summed E-state index contributed by atoms with van der Waals surface area (Å²) in [4.78, 5) is 22.3. The average Bonchev–Trinajstić information content (AvgIpc) is 2.73. The highest BCUT2D eigenvalue weighted by Gasteiger charge is 2.20. The molecular weight excluding hydrogens is 376 g/mol. The van der Waals surface area contributed by atoms with Crippen molar-refractivity contribution in [2.45, 2.75) is 25.3 Å². The molecule has 2 aromatic rings. The Balaban J connectivity index is 1.50. The monoisotopic (exact) mass is 400 g/mol. The van der Waals surface area contributed by atoms with Crippen LogP contribution in [0.2, 0.25) is 5.02 Å². The molecule has 7 heteroatoms. The second kappa shape index (κ2) is 10.2. The lowest BCUT2D eigenvalue weighted by molar-refractivity contribution is -0.134. The van der Waals surface area contributed by atoms with E-state index >= 15 is 0 Å². The molecule has 1 fully saturated rings. The van der Waals surface area contributed by atoms with E-state index in [0.717, 1.165) is 49.7 Å². The van der Waals surface area contributed by atoms with Crippen LogP contribution >= 0.6 is 11.6 Å². The highest BCUT2D eigenvalue weighted by molar-refractivity contribution is 6.31.